The summed E-state index contributed by atoms with van der Waals surface area (Å²) in [5, 5.41) is 17.9. The molecule has 11 heteroatoms. The Balaban J connectivity index is 2.84. The lowest BCUT2D eigenvalue weighted by molar-refractivity contribution is 0.0720. The molecule has 1 aromatic rings. The van der Waals surface area contributed by atoms with E-state index in [1.165, 1.54) is 0 Å². The van der Waals surface area contributed by atoms with Gasteiger partial charge in [-0.25, -0.2) is 22.5 Å². The molecule has 0 aromatic carbocycles. The van der Waals surface area contributed by atoms with E-state index in [9.17, 15) is 17.6 Å². The van der Waals surface area contributed by atoms with Gasteiger partial charge in [0.2, 0.25) is 5.88 Å². The molecule has 1 rings (SSSR count). The molecule has 0 aliphatic rings. The Morgan fingerprint density at radius 1 is 1.11 bits per heavy atom. The molecule has 0 amide bonds. The van der Waals surface area contributed by atoms with E-state index in [4.69, 9.17) is 10.0 Å². The van der Waals surface area contributed by atoms with E-state index < -0.39 is 45.1 Å². The van der Waals surface area contributed by atoms with Crippen molar-refractivity contribution in [1.82, 2.24) is 9.97 Å². The Hall–Kier alpha value is -1.62. The van der Waals surface area contributed by atoms with Gasteiger partial charge in [-0.2, -0.15) is 4.98 Å². The summed E-state index contributed by atoms with van der Waals surface area (Å²) in [6.45, 7) is -2.04. The molecule has 1 heterocycles. The Labute approximate surface area is 105 Å². The molecule has 19 heavy (non-hydrogen) atoms. The van der Waals surface area contributed by atoms with Crippen molar-refractivity contribution in [2.24, 2.45) is 0 Å². The average Bonchev–Trinajstić information content (AvgIpc) is 2.33. The molecule has 0 fully saturated rings. The lowest BCUT2D eigenvalue weighted by Gasteiger charge is -2.11. The van der Waals surface area contributed by atoms with Crippen molar-refractivity contribution in [3.05, 3.63) is 6.20 Å². The second kappa shape index (κ2) is 7.09. The van der Waals surface area contributed by atoms with Crippen LogP contribution in [0.15, 0.2) is 6.20 Å². The van der Waals surface area contributed by atoms with Crippen molar-refractivity contribution in [3.8, 4) is 11.9 Å². The van der Waals surface area contributed by atoms with Crippen LogP contribution >= 0.6 is 0 Å². The van der Waals surface area contributed by atoms with E-state index in [1.807, 2.05) is 0 Å². The van der Waals surface area contributed by atoms with Gasteiger partial charge in [-0.15, -0.1) is 0 Å². The summed E-state index contributed by atoms with van der Waals surface area (Å²) in [6, 6.07) is -0.547. The maximum Gasteiger partial charge on any atom is 0.495 e. The molecule has 2 N–H and O–H groups in total. The number of alkyl halides is 4. The summed E-state index contributed by atoms with van der Waals surface area (Å²) in [7, 11) is -2.06. The van der Waals surface area contributed by atoms with Gasteiger partial charge in [-0.1, -0.05) is 0 Å². The zero-order valence-corrected chi connectivity index (χ0v) is 9.34. The number of nitrogens with zero attached hydrogens (tertiary/aromatic N) is 2. The van der Waals surface area contributed by atoms with Crippen molar-refractivity contribution in [2.45, 2.75) is 12.9 Å². The lowest BCUT2D eigenvalue weighted by atomic mass is 9.82. The molecule has 6 nitrogen and oxygen atoms in total. The van der Waals surface area contributed by atoms with Crippen molar-refractivity contribution in [2.75, 3.05) is 13.2 Å². The smallest absolute Gasteiger partial charge is 0.472 e. The molecule has 0 bridgehead atoms. The minimum absolute atomic E-state index is 0.384. The highest BCUT2D eigenvalue weighted by Gasteiger charge is 2.22. The third-order valence-electron chi connectivity index (χ3n) is 1.72. The van der Waals surface area contributed by atoms with Crippen LogP contribution < -0.4 is 14.9 Å². The maximum atomic E-state index is 12.0. The zero-order chi connectivity index (χ0) is 14.4. The summed E-state index contributed by atoms with van der Waals surface area (Å²) in [5.74, 6) is -0.574. The van der Waals surface area contributed by atoms with Crippen LogP contribution in [0, 0.1) is 0 Å². The molecule has 0 spiro atoms. The summed E-state index contributed by atoms with van der Waals surface area (Å²) >= 11 is 0. The second-order valence-corrected chi connectivity index (χ2v) is 3.19. The highest BCUT2D eigenvalue weighted by molar-refractivity contribution is 6.59. The SMILES string of the molecule is OB(O)c1cnc(OCC(F)F)nc1OCC(F)F. The van der Waals surface area contributed by atoms with Crippen LogP contribution in [0.5, 0.6) is 11.9 Å². The maximum absolute atomic E-state index is 12.0. The second-order valence-electron chi connectivity index (χ2n) is 3.19. The molecule has 106 valence electrons. The molecular formula is C8H9BF4N2O4. The third-order valence-corrected chi connectivity index (χ3v) is 1.72. The van der Waals surface area contributed by atoms with Crippen LogP contribution in [0.2, 0.25) is 0 Å². The molecule has 0 saturated carbocycles. The Morgan fingerprint density at radius 2 is 1.68 bits per heavy atom. The minimum atomic E-state index is -2.82. The van der Waals surface area contributed by atoms with Gasteiger partial charge in [0.25, 0.3) is 12.9 Å². The fraction of sp³-hybridized carbons (Fsp3) is 0.500. The highest BCUT2D eigenvalue weighted by Crippen LogP contribution is 2.11. The van der Waals surface area contributed by atoms with Crippen molar-refractivity contribution >= 4 is 12.6 Å². The summed E-state index contributed by atoms with van der Waals surface area (Å²) in [6.07, 6.45) is -4.76. The lowest BCUT2D eigenvalue weighted by Crippen LogP contribution is -2.33. The van der Waals surface area contributed by atoms with E-state index in [-0.39, 0.29) is 5.46 Å². The van der Waals surface area contributed by atoms with Crippen LogP contribution in [0.3, 0.4) is 0 Å². The normalized spacial score (nSPS) is 10.9. The number of aromatic nitrogens is 2. The fourth-order valence-corrected chi connectivity index (χ4v) is 1.00. The predicted octanol–water partition coefficient (Wildman–Crippen LogP) is -0.556. The van der Waals surface area contributed by atoms with Crippen LogP contribution in [0.1, 0.15) is 0 Å². The van der Waals surface area contributed by atoms with E-state index >= 15 is 0 Å². The highest BCUT2D eigenvalue weighted by atomic mass is 19.3. The predicted molar refractivity (Wildman–Crippen MR) is 54.9 cm³/mol. The van der Waals surface area contributed by atoms with Crippen molar-refractivity contribution in [1.29, 1.82) is 0 Å². The number of hydrogen-bond acceptors (Lipinski definition) is 6. The summed E-state index contributed by atoms with van der Waals surface area (Å²) < 4.78 is 56.7. The Kier molecular flexibility index (Phi) is 5.76. The first kappa shape index (κ1) is 15.4. The topological polar surface area (TPSA) is 84.7 Å². The van der Waals surface area contributed by atoms with Gasteiger partial charge in [-0.05, 0) is 0 Å². The van der Waals surface area contributed by atoms with E-state index in [2.05, 4.69) is 19.4 Å². The zero-order valence-electron chi connectivity index (χ0n) is 9.34. The molecule has 0 saturated heterocycles. The molecule has 0 radical (unpaired) electrons. The van der Waals surface area contributed by atoms with Crippen LogP contribution in [-0.2, 0) is 0 Å². The largest absolute Gasteiger partial charge is 0.495 e. The molecule has 0 aliphatic heterocycles. The standard InChI is InChI=1S/C8H9BF4N2O4/c10-5(11)2-18-7-4(9(16)17)1-14-8(15-7)19-3-6(12)13/h1,5-6,16-17H,2-3H2. The molecule has 1 aromatic heterocycles. The number of hydrogen-bond donors (Lipinski definition) is 2. The first-order chi connectivity index (χ1) is 8.90. The van der Waals surface area contributed by atoms with E-state index in [0.29, 0.717) is 0 Å². The number of ether oxygens (including phenoxy) is 2. The van der Waals surface area contributed by atoms with E-state index in [1.54, 1.807) is 0 Å². The monoisotopic (exact) mass is 284 g/mol. The van der Waals surface area contributed by atoms with Gasteiger partial charge in [0.15, 0.2) is 13.2 Å². The van der Waals surface area contributed by atoms with Crippen molar-refractivity contribution < 1.29 is 37.1 Å². The molecular weight excluding hydrogens is 275 g/mol. The van der Waals surface area contributed by atoms with Gasteiger partial charge in [0, 0.05) is 6.20 Å². The quantitative estimate of drug-likeness (QED) is 0.516. The average molecular weight is 284 g/mol. The minimum Gasteiger partial charge on any atom is -0.472 e. The molecule has 0 aliphatic carbocycles. The number of rotatable bonds is 7. The van der Waals surface area contributed by atoms with Crippen LogP contribution in [0.25, 0.3) is 0 Å². The Morgan fingerprint density at radius 3 is 2.21 bits per heavy atom. The Bertz CT molecular complexity index is 410. The van der Waals surface area contributed by atoms with Crippen molar-refractivity contribution in [3.63, 3.8) is 0 Å². The van der Waals surface area contributed by atoms with Gasteiger partial charge >= 0.3 is 13.1 Å². The van der Waals surface area contributed by atoms with E-state index in [0.717, 1.165) is 6.20 Å². The summed E-state index contributed by atoms with van der Waals surface area (Å²) in [5.41, 5.74) is -0.384. The van der Waals surface area contributed by atoms with Gasteiger partial charge in [0.05, 0.1) is 5.46 Å². The first-order valence-corrected chi connectivity index (χ1v) is 4.95. The molecule has 0 atom stereocenters. The van der Waals surface area contributed by atoms with Crippen LogP contribution in [0.4, 0.5) is 17.6 Å². The number of halogens is 4. The van der Waals surface area contributed by atoms with Crippen LogP contribution in [-0.4, -0.2) is 53.2 Å². The van der Waals surface area contributed by atoms with Gasteiger partial charge in [-0.3, -0.25) is 0 Å². The molecule has 0 unspecified atom stereocenters. The van der Waals surface area contributed by atoms with Gasteiger partial charge in [0.1, 0.15) is 0 Å². The third kappa shape index (κ3) is 5.26. The summed E-state index contributed by atoms with van der Waals surface area (Å²) in [4.78, 5) is 6.80. The fourth-order valence-electron chi connectivity index (χ4n) is 1.00. The van der Waals surface area contributed by atoms with Gasteiger partial charge < -0.3 is 19.5 Å². The first-order valence-electron chi connectivity index (χ1n) is 4.95.